The first-order chi connectivity index (χ1) is 13.6. The van der Waals surface area contributed by atoms with Gasteiger partial charge < -0.3 is 15.5 Å². The number of benzene rings is 2. The van der Waals surface area contributed by atoms with E-state index in [9.17, 15) is 9.59 Å². The zero-order chi connectivity index (χ0) is 21.6. The molecule has 0 saturated carbocycles. The lowest BCUT2D eigenvalue weighted by atomic mass is 9.87. The van der Waals surface area contributed by atoms with Gasteiger partial charge in [0.05, 0.1) is 13.6 Å². The molecule has 0 spiro atoms. The van der Waals surface area contributed by atoms with Crippen LogP contribution in [-0.2, 0) is 21.5 Å². The van der Waals surface area contributed by atoms with Gasteiger partial charge in [0.25, 0.3) is 5.91 Å². The first kappa shape index (κ1) is 22.6. The van der Waals surface area contributed by atoms with Crippen molar-refractivity contribution < 1.29 is 14.5 Å². The summed E-state index contributed by atoms with van der Waals surface area (Å²) in [6.07, 6.45) is 0. The summed E-state index contributed by atoms with van der Waals surface area (Å²) in [4.78, 5) is 25.4. The summed E-state index contributed by atoms with van der Waals surface area (Å²) in [5.41, 5.74) is 5.56. The highest BCUT2D eigenvalue weighted by Crippen LogP contribution is 2.22. The summed E-state index contributed by atoms with van der Waals surface area (Å²) >= 11 is 0. The predicted molar refractivity (Wildman–Crippen MR) is 118 cm³/mol. The lowest BCUT2D eigenvalue weighted by Crippen LogP contribution is -3.08. The molecule has 3 N–H and O–H groups in total. The van der Waals surface area contributed by atoms with Crippen LogP contribution >= 0.6 is 0 Å². The maximum absolute atomic E-state index is 12.2. The molecule has 2 aromatic carbocycles. The van der Waals surface area contributed by atoms with Crippen LogP contribution in [0.4, 0.5) is 5.69 Å². The van der Waals surface area contributed by atoms with Crippen molar-refractivity contribution in [3.8, 4) is 0 Å². The number of quaternary nitrogens is 1. The molecule has 1 atom stereocenters. The standard InChI is InChI=1S/C24H33N3O2/c1-17-8-7-9-21(18(17)2)26-22(28)14-25-23(29)16-27(6)15-19-10-12-20(13-11-19)24(3,4)5/h7-13H,14-16H2,1-6H3,(H,25,29)(H,26,28)/p+1. The largest absolute Gasteiger partial charge is 0.342 e. The van der Waals surface area contributed by atoms with E-state index in [2.05, 4.69) is 55.7 Å². The number of nitrogens with one attached hydrogen (secondary N) is 3. The van der Waals surface area contributed by atoms with Gasteiger partial charge in [0.2, 0.25) is 5.91 Å². The van der Waals surface area contributed by atoms with Gasteiger partial charge in [0, 0.05) is 11.3 Å². The molecule has 0 radical (unpaired) electrons. The van der Waals surface area contributed by atoms with Gasteiger partial charge in [-0.05, 0) is 42.0 Å². The minimum atomic E-state index is -0.220. The Bertz CT molecular complexity index is 851. The molecule has 0 aliphatic rings. The van der Waals surface area contributed by atoms with Crippen LogP contribution in [0.15, 0.2) is 42.5 Å². The van der Waals surface area contributed by atoms with E-state index in [4.69, 9.17) is 0 Å². The molecule has 0 aliphatic carbocycles. The van der Waals surface area contributed by atoms with Crippen LogP contribution < -0.4 is 15.5 Å². The summed E-state index contributed by atoms with van der Waals surface area (Å²) in [5.74, 6) is -0.354. The number of carbonyl (C=O) groups is 2. The molecule has 0 fully saturated rings. The molecule has 0 aliphatic heterocycles. The second kappa shape index (κ2) is 9.70. The molecule has 0 saturated heterocycles. The third-order valence-corrected chi connectivity index (χ3v) is 5.11. The van der Waals surface area contributed by atoms with Gasteiger partial charge in [-0.15, -0.1) is 0 Å². The molecular formula is C24H34N3O2+. The average molecular weight is 397 g/mol. The van der Waals surface area contributed by atoms with Crippen LogP contribution in [0.2, 0.25) is 0 Å². The van der Waals surface area contributed by atoms with E-state index < -0.39 is 0 Å². The van der Waals surface area contributed by atoms with Crippen molar-refractivity contribution in [1.29, 1.82) is 0 Å². The second-order valence-corrected chi connectivity index (χ2v) is 8.83. The summed E-state index contributed by atoms with van der Waals surface area (Å²) in [6, 6.07) is 14.3. The maximum atomic E-state index is 12.2. The third-order valence-electron chi connectivity index (χ3n) is 5.11. The van der Waals surface area contributed by atoms with E-state index in [0.717, 1.165) is 28.3 Å². The monoisotopic (exact) mass is 396 g/mol. The number of aryl methyl sites for hydroxylation is 1. The number of anilines is 1. The summed E-state index contributed by atoms with van der Waals surface area (Å²) in [5, 5.41) is 5.57. The van der Waals surface area contributed by atoms with Crippen molar-refractivity contribution in [2.75, 3.05) is 25.5 Å². The van der Waals surface area contributed by atoms with E-state index in [1.54, 1.807) is 0 Å². The highest BCUT2D eigenvalue weighted by atomic mass is 16.2. The van der Waals surface area contributed by atoms with Gasteiger partial charge in [0.15, 0.2) is 6.54 Å². The van der Waals surface area contributed by atoms with E-state index in [1.807, 2.05) is 39.1 Å². The van der Waals surface area contributed by atoms with Crippen molar-refractivity contribution in [3.05, 3.63) is 64.7 Å². The van der Waals surface area contributed by atoms with Crippen LogP contribution in [0.5, 0.6) is 0 Å². The number of amides is 2. The molecule has 5 heteroatoms. The quantitative estimate of drug-likeness (QED) is 0.673. The van der Waals surface area contributed by atoms with Crippen LogP contribution in [0, 0.1) is 13.8 Å². The molecule has 156 valence electrons. The third kappa shape index (κ3) is 7.02. The van der Waals surface area contributed by atoms with Crippen LogP contribution in [-0.4, -0.2) is 32.0 Å². The van der Waals surface area contributed by atoms with E-state index in [1.165, 1.54) is 11.1 Å². The Morgan fingerprint density at radius 1 is 0.966 bits per heavy atom. The van der Waals surface area contributed by atoms with Gasteiger partial charge in [0.1, 0.15) is 6.54 Å². The van der Waals surface area contributed by atoms with Crippen LogP contribution in [0.3, 0.4) is 0 Å². The van der Waals surface area contributed by atoms with Crippen molar-refractivity contribution in [2.45, 2.75) is 46.6 Å². The normalized spacial score (nSPS) is 12.3. The molecule has 0 heterocycles. The summed E-state index contributed by atoms with van der Waals surface area (Å²) in [6.45, 7) is 11.6. The van der Waals surface area contributed by atoms with Gasteiger partial charge in [-0.3, -0.25) is 9.59 Å². The summed E-state index contributed by atoms with van der Waals surface area (Å²) in [7, 11) is 1.98. The fraction of sp³-hybridized carbons (Fsp3) is 0.417. The Kier molecular flexibility index (Phi) is 7.57. The number of rotatable bonds is 7. The Morgan fingerprint density at radius 3 is 2.24 bits per heavy atom. The van der Waals surface area contributed by atoms with E-state index in [0.29, 0.717) is 6.54 Å². The number of hydrogen-bond donors (Lipinski definition) is 3. The molecule has 0 bridgehead atoms. The number of likely N-dealkylation sites (N-methyl/N-ethyl adjacent to an activating group) is 1. The SMILES string of the molecule is Cc1cccc(NC(=O)CNC(=O)C[NH+](C)Cc2ccc(C(C)(C)C)cc2)c1C. The zero-order valence-corrected chi connectivity index (χ0v) is 18.5. The highest BCUT2D eigenvalue weighted by Gasteiger charge is 2.15. The molecule has 1 unspecified atom stereocenters. The van der Waals surface area contributed by atoms with Gasteiger partial charge in [-0.1, -0.05) is 57.2 Å². The van der Waals surface area contributed by atoms with Crippen molar-refractivity contribution in [3.63, 3.8) is 0 Å². The Hall–Kier alpha value is -2.66. The van der Waals surface area contributed by atoms with Crippen LogP contribution in [0.1, 0.15) is 43.0 Å². The average Bonchev–Trinajstić information content (AvgIpc) is 2.63. The Labute approximate surface area is 174 Å². The van der Waals surface area contributed by atoms with E-state index >= 15 is 0 Å². The van der Waals surface area contributed by atoms with Crippen molar-refractivity contribution in [1.82, 2.24) is 5.32 Å². The van der Waals surface area contributed by atoms with E-state index in [-0.39, 0.29) is 23.8 Å². The molecule has 29 heavy (non-hydrogen) atoms. The Balaban J connectivity index is 1.78. The van der Waals surface area contributed by atoms with Gasteiger partial charge in [-0.25, -0.2) is 0 Å². The first-order valence-corrected chi connectivity index (χ1v) is 10.1. The summed E-state index contributed by atoms with van der Waals surface area (Å²) < 4.78 is 0. The fourth-order valence-corrected chi connectivity index (χ4v) is 3.13. The molecule has 2 amide bonds. The molecule has 5 nitrogen and oxygen atoms in total. The van der Waals surface area contributed by atoms with Crippen molar-refractivity contribution in [2.24, 2.45) is 0 Å². The molecule has 2 aromatic rings. The topological polar surface area (TPSA) is 62.6 Å². The first-order valence-electron chi connectivity index (χ1n) is 10.1. The van der Waals surface area contributed by atoms with Crippen LogP contribution in [0.25, 0.3) is 0 Å². The maximum Gasteiger partial charge on any atom is 0.275 e. The Morgan fingerprint density at radius 2 is 1.62 bits per heavy atom. The number of hydrogen-bond acceptors (Lipinski definition) is 2. The fourth-order valence-electron chi connectivity index (χ4n) is 3.13. The molecule has 0 aromatic heterocycles. The lowest BCUT2D eigenvalue weighted by molar-refractivity contribution is -0.885. The van der Waals surface area contributed by atoms with Gasteiger partial charge >= 0.3 is 0 Å². The minimum absolute atomic E-state index is 0.0280. The van der Waals surface area contributed by atoms with Gasteiger partial charge in [-0.2, -0.15) is 0 Å². The molecular weight excluding hydrogens is 362 g/mol. The molecule has 2 rings (SSSR count). The number of carbonyl (C=O) groups excluding carboxylic acids is 2. The highest BCUT2D eigenvalue weighted by molar-refractivity contribution is 5.95. The smallest absolute Gasteiger partial charge is 0.275 e. The zero-order valence-electron chi connectivity index (χ0n) is 18.5. The minimum Gasteiger partial charge on any atom is -0.342 e. The predicted octanol–water partition coefficient (Wildman–Crippen LogP) is 2.37. The lowest BCUT2D eigenvalue weighted by Gasteiger charge is -2.19. The van der Waals surface area contributed by atoms with Crippen molar-refractivity contribution >= 4 is 17.5 Å². The second-order valence-electron chi connectivity index (χ2n) is 8.83.